The van der Waals surface area contributed by atoms with Crippen molar-refractivity contribution in [3.63, 3.8) is 0 Å². The van der Waals surface area contributed by atoms with Gasteiger partial charge in [0.25, 0.3) is 0 Å². The zero-order valence-electron chi connectivity index (χ0n) is 13.5. The van der Waals surface area contributed by atoms with Crippen LogP contribution in [0.5, 0.6) is 11.5 Å². The highest BCUT2D eigenvalue weighted by atomic mass is 16.7. The molecule has 1 heterocycles. The monoisotopic (exact) mass is 280 g/mol. The molecule has 0 atom stereocenters. The maximum atomic E-state index is 9.65. The number of phenolic OH excluding ortho intramolecular Hbond substituents is 1. The van der Waals surface area contributed by atoms with Crippen molar-refractivity contribution < 1.29 is 19.2 Å². The van der Waals surface area contributed by atoms with E-state index in [1.165, 1.54) is 0 Å². The van der Waals surface area contributed by atoms with Crippen molar-refractivity contribution in [1.82, 2.24) is 0 Å². The minimum absolute atomic E-state index is 0.138. The maximum Gasteiger partial charge on any atom is 0.495 e. The highest BCUT2D eigenvalue weighted by Gasteiger charge is 2.51. The second-order valence-corrected chi connectivity index (χ2v) is 5.55. The Morgan fingerprint density at radius 2 is 1.50 bits per heavy atom. The van der Waals surface area contributed by atoms with Crippen molar-refractivity contribution in [2.45, 2.75) is 52.7 Å². The van der Waals surface area contributed by atoms with Gasteiger partial charge in [0.2, 0.25) is 0 Å². The van der Waals surface area contributed by atoms with Crippen LogP contribution in [0, 0.1) is 0 Å². The van der Waals surface area contributed by atoms with E-state index >= 15 is 0 Å². The molecule has 20 heavy (non-hydrogen) atoms. The van der Waals surface area contributed by atoms with Crippen LogP contribution >= 0.6 is 0 Å². The highest BCUT2D eigenvalue weighted by molar-refractivity contribution is 6.62. The normalized spacial score (nSPS) is 19.2. The maximum absolute atomic E-state index is 9.65. The lowest BCUT2D eigenvalue weighted by Gasteiger charge is -2.32. The SMILES string of the molecule is CC.COc1cc(O)cc(B2OC(C)(C)C(C)(C)O2)c1. The Hall–Kier alpha value is -1.20. The molecule has 0 spiro atoms. The Labute approximate surface area is 122 Å². The lowest BCUT2D eigenvalue weighted by Crippen LogP contribution is -2.41. The van der Waals surface area contributed by atoms with E-state index in [0.717, 1.165) is 5.46 Å². The smallest absolute Gasteiger partial charge is 0.495 e. The summed E-state index contributed by atoms with van der Waals surface area (Å²) < 4.78 is 17.0. The summed E-state index contributed by atoms with van der Waals surface area (Å²) in [6, 6.07) is 4.99. The van der Waals surface area contributed by atoms with Gasteiger partial charge in [0.1, 0.15) is 11.5 Å². The number of phenols is 1. The van der Waals surface area contributed by atoms with E-state index in [1.54, 1.807) is 19.2 Å². The molecular formula is C15H25BO4. The van der Waals surface area contributed by atoms with Gasteiger partial charge < -0.3 is 19.2 Å². The molecule has 0 bridgehead atoms. The number of hydrogen-bond acceptors (Lipinski definition) is 4. The molecule has 1 N–H and O–H groups in total. The molecule has 0 aliphatic carbocycles. The molecule has 112 valence electrons. The third-order valence-electron chi connectivity index (χ3n) is 3.67. The van der Waals surface area contributed by atoms with Crippen molar-refractivity contribution in [3.8, 4) is 11.5 Å². The van der Waals surface area contributed by atoms with E-state index in [4.69, 9.17) is 14.0 Å². The summed E-state index contributed by atoms with van der Waals surface area (Å²) in [6.07, 6.45) is 0. The second kappa shape index (κ2) is 6.06. The fourth-order valence-corrected chi connectivity index (χ4v) is 1.84. The van der Waals surface area contributed by atoms with Gasteiger partial charge in [0, 0.05) is 6.07 Å². The van der Waals surface area contributed by atoms with E-state index in [1.807, 2.05) is 47.6 Å². The largest absolute Gasteiger partial charge is 0.508 e. The number of benzene rings is 1. The standard InChI is InChI=1S/C13H19BO4.C2H6/c1-12(2)13(3,4)18-14(17-12)9-6-10(15)8-11(7-9)16-5;1-2/h6-8,15H,1-5H3;1-2H3. The van der Waals surface area contributed by atoms with Crippen LogP contribution in [0.4, 0.5) is 0 Å². The molecule has 1 saturated heterocycles. The average Bonchev–Trinajstić information content (AvgIpc) is 2.60. The lowest BCUT2D eigenvalue weighted by atomic mass is 9.79. The molecule has 1 aromatic carbocycles. The first-order valence-electron chi connectivity index (χ1n) is 6.99. The van der Waals surface area contributed by atoms with Gasteiger partial charge in [-0.15, -0.1) is 0 Å². The summed E-state index contributed by atoms with van der Waals surface area (Å²) in [7, 11) is 1.07. The van der Waals surface area contributed by atoms with Gasteiger partial charge >= 0.3 is 7.12 Å². The molecule has 0 radical (unpaired) electrons. The summed E-state index contributed by atoms with van der Waals surface area (Å²) in [5.41, 5.74) is -0.0299. The minimum Gasteiger partial charge on any atom is -0.508 e. The molecule has 5 heteroatoms. The van der Waals surface area contributed by atoms with Crippen molar-refractivity contribution in [3.05, 3.63) is 18.2 Å². The van der Waals surface area contributed by atoms with Gasteiger partial charge in [0.05, 0.1) is 18.3 Å². The highest BCUT2D eigenvalue weighted by Crippen LogP contribution is 2.36. The van der Waals surface area contributed by atoms with Crippen LogP contribution in [0.3, 0.4) is 0 Å². The number of hydrogen-bond donors (Lipinski definition) is 1. The molecule has 0 saturated carbocycles. The van der Waals surface area contributed by atoms with Crippen molar-refractivity contribution in [2.24, 2.45) is 0 Å². The van der Waals surface area contributed by atoms with Gasteiger partial charge in [-0.1, -0.05) is 13.8 Å². The van der Waals surface area contributed by atoms with E-state index in [9.17, 15) is 5.11 Å². The first-order valence-corrected chi connectivity index (χ1v) is 6.99. The first-order chi connectivity index (χ1) is 9.25. The van der Waals surface area contributed by atoms with Crippen LogP contribution in [0.25, 0.3) is 0 Å². The summed E-state index contributed by atoms with van der Waals surface area (Å²) >= 11 is 0. The van der Waals surface area contributed by atoms with Crippen LogP contribution in [-0.2, 0) is 9.31 Å². The Kier molecular flexibility index (Phi) is 5.11. The Morgan fingerprint density at radius 1 is 1.00 bits per heavy atom. The fourth-order valence-electron chi connectivity index (χ4n) is 1.84. The third kappa shape index (κ3) is 3.27. The summed E-state index contributed by atoms with van der Waals surface area (Å²) in [5.74, 6) is 0.721. The Balaban J connectivity index is 0.000000956. The van der Waals surface area contributed by atoms with Crippen LogP contribution in [-0.4, -0.2) is 30.5 Å². The molecule has 1 aromatic rings. The third-order valence-corrected chi connectivity index (χ3v) is 3.67. The van der Waals surface area contributed by atoms with Crippen molar-refractivity contribution in [1.29, 1.82) is 0 Å². The van der Waals surface area contributed by atoms with E-state index in [-0.39, 0.29) is 5.75 Å². The average molecular weight is 280 g/mol. The number of aromatic hydroxyl groups is 1. The van der Waals surface area contributed by atoms with Crippen LogP contribution in [0.1, 0.15) is 41.5 Å². The molecule has 1 fully saturated rings. The van der Waals surface area contributed by atoms with Crippen LogP contribution < -0.4 is 10.2 Å². The second-order valence-electron chi connectivity index (χ2n) is 5.55. The van der Waals surface area contributed by atoms with Gasteiger partial charge in [0.15, 0.2) is 0 Å². The molecule has 1 aliphatic rings. The summed E-state index contributed by atoms with van der Waals surface area (Å²) in [5, 5.41) is 9.65. The van der Waals surface area contributed by atoms with Crippen molar-refractivity contribution >= 4 is 12.6 Å². The lowest BCUT2D eigenvalue weighted by molar-refractivity contribution is 0.00578. The number of methoxy groups -OCH3 is 1. The predicted octanol–water partition coefficient (Wildman–Crippen LogP) is 2.73. The number of ether oxygens (including phenoxy) is 1. The quantitative estimate of drug-likeness (QED) is 0.846. The van der Waals surface area contributed by atoms with Gasteiger partial charge in [-0.2, -0.15) is 0 Å². The zero-order valence-corrected chi connectivity index (χ0v) is 13.5. The minimum atomic E-state index is -0.490. The van der Waals surface area contributed by atoms with E-state index in [2.05, 4.69) is 0 Å². The van der Waals surface area contributed by atoms with Gasteiger partial charge in [-0.05, 0) is 45.3 Å². The molecule has 1 aliphatic heterocycles. The van der Waals surface area contributed by atoms with E-state index in [0.29, 0.717) is 5.75 Å². The van der Waals surface area contributed by atoms with Crippen LogP contribution in [0.2, 0.25) is 0 Å². The van der Waals surface area contributed by atoms with E-state index < -0.39 is 18.3 Å². The molecular weight excluding hydrogens is 255 g/mol. The first kappa shape index (κ1) is 16.9. The van der Waals surface area contributed by atoms with Gasteiger partial charge in [-0.25, -0.2) is 0 Å². The number of rotatable bonds is 2. The predicted molar refractivity (Wildman–Crippen MR) is 81.7 cm³/mol. The topological polar surface area (TPSA) is 47.9 Å². The summed E-state index contributed by atoms with van der Waals surface area (Å²) in [6.45, 7) is 12.0. The molecule has 0 unspecified atom stereocenters. The van der Waals surface area contributed by atoms with Crippen LogP contribution in [0.15, 0.2) is 18.2 Å². The molecule has 4 nitrogen and oxygen atoms in total. The Bertz CT molecular complexity index is 441. The fraction of sp³-hybridized carbons (Fsp3) is 0.600. The van der Waals surface area contributed by atoms with Crippen molar-refractivity contribution in [2.75, 3.05) is 7.11 Å². The molecule has 0 amide bonds. The molecule has 0 aromatic heterocycles. The summed E-state index contributed by atoms with van der Waals surface area (Å²) in [4.78, 5) is 0. The van der Waals surface area contributed by atoms with Gasteiger partial charge in [-0.3, -0.25) is 0 Å². The Morgan fingerprint density at radius 3 is 1.95 bits per heavy atom. The zero-order chi connectivity index (χ0) is 15.6. The molecule has 2 rings (SSSR count).